The average molecular weight is 288 g/mol. The van der Waals surface area contributed by atoms with Gasteiger partial charge in [0, 0.05) is 11.1 Å². The molecule has 0 spiro atoms. The summed E-state index contributed by atoms with van der Waals surface area (Å²) in [6.07, 6.45) is 1.76. The minimum absolute atomic E-state index is 0.119. The maximum atomic E-state index is 6.32. The number of halogens is 1. The number of nitrogens with two attached hydrogens (primary N) is 1. The standard InChI is InChI=1S/C18H22ClN/c1-12-7-13(2)18(14(3)8-12)11-17(20)10-15-5-4-6-16(19)9-15/h4-9,17H,10-11,20H2,1-3H3. The number of aryl methyl sites for hydroxylation is 3. The summed E-state index contributed by atoms with van der Waals surface area (Å²) in [6.45, 7) is 6.47. The highest BCUT2D eigenvalue weighted by atomic mass is 35.5. The first-order valence-electron chi connectivity index (χ1n) is 7.02. The molecule has 0 aliphatic rings. The van der Waals surface area contributed by atoms with Crippen LogP contribution in [-0.2, 0) is 12.8 Å². The van der Waals surface area contributed by atoms with E-state index in [2.05, 4.69) is 39.0 Å². The van der Waals surface area contributed by atoms with Gasteiger partial charge in [-0.15, -0.1) is 0 Å². The summed E-state index contributed by atoms with van der Waals surface area (Å²) < 4.78 is 0. The second-order valence-corrected chi connectivity index (χ2v) is 6.11. The molecular weight excluding hydrogens is 266 g/mol. The largest absolute Gasteiger partial charge is 0.327 e. The highest BCUT2D eigenvalue weighted by Crippen LogP contribution is 2.19. The van der Waals surface area contributed by atoms with E-state index in [9.17, 15) is 0 Å². The second kappa shape index (κ2) is 6.43. The molecule has 0 radical (unpaired) electrons. The van der Waals surface area contributed by atoms with Gasteiger partial charge < -0.3 is 5.73 Å². The van der Waals surface area contributed by atoms with E-state index in [4.69, 9.17) is 17.3 Å². The Morgan fingerprint density at radius 1 is 1.00 bits per heavy atom. The van der Waals surface area contributed by atoms with Gasteiger partial charge in [0.05, 0.1) is 0 Å². The quantitative estimate of drug-likeness (QED) is 0.887. The molecular formula is C18H22ClN. The molecule has 1 unspecified atom stereocenters. The van der Waals surface area contributed by atoms with Crippen LogP contribution in [0.25, 0.3) is 0 Å². The van der Waals surface area contributed by atoms with Gasteiger partial charge in [-0.2, -0.15) is 0 Å². The normalized spacial score (nSPS) is 12.4. The molecule has 106 valence electrons. The SMILES string of the molecule is Cc1cc(C)c(CC(N)Cc2cccc(Cl)c2)c(C)c1. The van der Waals surface area contributed by atoms with E-state index in [0.717, 1.165) is 17.9 Å². The Bertz CT molecular complexity index is 581. The van der Waals surface area contributed by atoms with E-state index >= 15 is 0 Å². The monoisotopic (exact) mass is 287 g/mol. The van der Waals surface area contributed by atoms with Crippen molar-refractivity contribution in [2.75, 3.05) is 0 Å². The molecule has 2 aromatic carbocycles. The van der Waals surface area contributed by atoms with Crippen molar-refractivity contribution in [3.05, 3.63) is 69.2 Å². The lowest BCUT2D eigenvalue weighted by atomic mass is 9.92. The first-order chi connectivity index (χ1) is 9.45. The third-order valence-corrected chi connectivity index (χ3v) is 3.93. The van der Waals surface area contributed by atoms with Crippen LogP contribution in [0, 0.1) is 20.8 Å². The fraction of sp³-hybridized carbons (Fsp3) is 0.333. The van der Waals surface area contributed by atoms with E-state index in [0.29, 0.717) is 0 Å². The van der Waals surface area contributed by atoms with Crippen LogP contribution in [0.1, 0.15) is 27.8 Å². The molecule has 2 heteroatoms. The second-order valence-electron chi connectivity index (χ2n) is 5.68. The van der Waals surface area contributed by atoms with E-state index < -0.39 is 0 Å². The Kier molecular flexibility index (Phi) is 4.85. The Hall–Kier alpha value is -1.31. The molecule has 0 saturated carbocycles. The molecule has 2 aromatic rings. The minimum atomic E-state index is 0.119. The summed E-state index contributed by atoms with van der Waals surface area (Å²) in [7, 11) is 0. The van der Waals surface area contributed by atoms with Crippen molar-refractivity contribution < 1.29 is 0 Å². The van der Waals surface area contributed by atoms with Crippen molar-refractivity contribution in [2.24, 2.45) is 5.73 Å². The first-order valence-corrected chi connectivity index (χ1v) is 7.40. The van der Waals surface area contributed by atoms with Crippen LogP contribution < -0.4 is 5.73 Å². The molecule has 0 aliphatic heterocycles. The third kappa shape index (κ3) is 3.84. The summed E-state index contributed by atoms with van der Waals surface area (Å²) in [5, 5.41) is 0.775. The maximum Gasteiger partial charge on any atom is 0.0408 e. The van der Waals surface area contributed by atoms with E-state index in [1.165, 1.54) is 27.8 Å². The molecule has 20 heavy (non-hydrogen) atoms. The zero-order valence-corrected chi connectivity index (χ0v) is 13.2. The lowest BCUT2D eigenvalue weighted by Crippen LogP contribution is -2.26. The predicted molar refractivity (Wildman–Crippen MR) is 87.5 cm³/mol. The number of benzene rings is 2. The summed E-state index contributed by atoms with van der Waals surface area (Å²) in [5.41, 5.74) is 12.9. The van der Waals surface area contributed by atoms with Crippen LogP contribution in [0.4, 0.5) is 0 Å². The van der Waals surface area contributed by atoms with Crippen LogP contribution in [-0.4, -0.2) is 6.04 Å². The van der Waals surface area contributed by atoms with Gasteiger partial charge in [0.2, 0.25) is 0 Å². The van der Waals surface area contributed by atoms with Crippen molar-refractivity contribution in [1.29, 1.82) is 0 Å². The topological polar surface area (TPSA) is 26.0 Å². The van der Waals surface area contributed by atoms with Crippen LogP contribution in [0.15, 0.2) is 36.4 Å². The van der Waals surface area contributed by atoms with Gasteiger partial charge in [0.1, 0.15) is 0 Å². The van der Waals surface area contributed by atoms with Gasteiger partial charge in [-0.3, -0.25) is 0 Å². The zero-order chi connectivity index (χ0) is 14.7. The zero-order valence-electron chi connectivity index (χ0n) is 12.4. The smallest absolute Gasteiger partial charge is 0.0408 e. The highest BCUT2D eigenvalue weighted by molar-refractivity contribution is 6.30. The minimum Gasteiger partial charge on any atom is -0.327 e. The number of hydrogen-bond acceptors (Lipinski definition) is 1. The number of rotatable bonds is 4. The highest BCUT2D eigenvalue weighted by Gasteiger charge is 2.10. The summed E-state index contributed by atoms with van der Waals surface area (Å²) in [5.74, 6) is 0. The van der Waals surface area contributed by atoms with Gasteiger partial charge in [-0.05, 0) is 68.0 Å². The number of hydrogen-bond donors (Lipinski definition) is 1. The molecule has 0 heterocycles. The van der Waals surface area contributed by atoms with Crippen LogP contribution in [0.3, 0.4) is 0 Å². The lowest BCUT2D eigenvalue weighted by molar-refractivity contribution is 0.660. The van der Waals surface area contributed by atoms with Crippen LogP contribution in [0.5, 0.6) is 0 Å². The average Bonchev–Trinajstić information content (AvgIpc) is 2.33. The molecule has 0 saturated heterocycles. The van der Waals surface area contributed by atoms with Gasteiger partial charge >= 0.3 is 0 Å². The van der Waals surface area contributed by atoms with Gasteiger partial charge in [-0.1, -0.05) is 41.4 Å². The summed E-state index contributed by atoms with van der Waals surface area (Å²) in [6, 6.07) is 12.5. The summed E-state index contributed by atoms with van der Waals surface area (Å²) in [4.78, 5) is 0. The van der Waals surface area contributed by atoms with Crippen molar-refractivity contribution in [1.82, 2.24) is 0 Å². The fourth-order valence-electron chi connectivity index (χ4n) is 2.83. The molecule has 0 fully saturated rings. The van der Waals surface area contributed by atoms with Gasteiger partial charge in [0.25, 0.3) is 0 Å². The van der Waals surface area contributed by atoms with Crippen molar-refractivity contribution in [3.8, 4) is 0 Å². The van der Waals surface area contributed by atoms with Crippen LogP contribution >= 0.6 is 11.6 Å². The molecule has 0 bridgehead atoms. The van der Waals surface area contributed by atoms with Gasteiger partial charge in [-0.25, -0.2) is 0 Å². The Morgan fingerprint density at radius 3 is 2.25 bits per heavy atom. The van der Waals surface area contributed by atoms with Crippen molar-refractivity contribution in [3.63, 3.8) is 0 Å². The molecule has 2 rings (SSSR count). The van der Waals surface area contributed by atoms with Gasteiger partial charge in [0.15, 0.2) is 0 Å². The first kappa shape index (κ1) is 15.1. The molecule has 2 N–H and O–H groups in total. The predicted octanol–water partition coefficient (Wildman–Crippen LogP) is 4.38. The lowest BCUT2D eigenvalue weighted by Gasteiger charge is -2.16. The third-order valence-electron chi connectivity index (χ3n) is 3.69. The van der Waals surface area contributed by atoms with Crippen molar-refractivity contribution >= 4 is 11.6 Å². The van der Waals surface area contributed by atoms with E-state index in [1.54, 1.807) is 0 Å². The van der Waals surface area contributed by atoms with Crippen molar-refractivity contribution in [2.45, 2.75) is 39.7 Å². The van der Waals surface area contributed by atoms with E-state index in [-0.39, 0.29) is 6.04 Å². The Balaban J connectivity index is 2.10. The Morgan fingerprint density at radius 2 is 1.65 bits per heavy atom. The molecule has 0 amide bonds. The molecule has 1 atom stereocenters. The van der Waals surface area contributed by atoms with E-state index in [1.807, 2.05) is 18.2 Å². The summed E-state index contributed by atoms with van der Waals surface area (Å²) >= 11 is 6.02. The maximum absolute atomic E-state index is 6.32. The van der Waals surface area contributed by atoms with Crippen LogP contribution in [0.2, 0.25) is 5.02 Å². The molecule has 1 nitrogen and oxygen atoms in total. The molecule has 0 aromatic heterocycles. The Labute approximate surface area is 126 Å². The molecule has 0 aliphatic carbocycles. The fourth-order valence-corrected chi connectivity index (χ4v) is 3.05.